The Morgan fingerprint density at radius 2 is 1.68 bits per heavy atom. The average molecular weight is 487 g/mol. The van der Waals surface area contributed by atoms with Gasteiger partial charge in [0.25, 0.3) is 0 Å². The van der Waals surface area contributed by atoms with Crippen molar-refractivity contribution < 1.29 is 40.1 Å². The van der Waals surface area contributed by atoms with Crippen molar-refractivity contribution in [3.8, 4) is 0 Å². The SMILES string of the molecule is CC(=CCO)CCC1C(C)(O)CCC2C(C)(C)C(OC3OC(CO)C(O)C(O)C3O)CCC12C. The molecule has 6 N–H and O–H groups in total. The smallest absolute Gasteiger partial charge is 0.186 e. The van der Waals surface area contributed by atoms with Gasteiger partial charge in [0.05, 0.1) is 24.9 Å². The lowest BCUT2D eigenvalue weighted by atomic mass is 9.44. The molecular weight excluding hydrogens is 440 g/mol. The fourth-order valence-electron chi connectivity index (χ4n) is 7.36. The van der Waals surface area contributed by atoms with Gasteiger partial charge in [0.2, 0.25) is 0 Å². The highest BCUT2D eigenvalue weighted by Crippen LogP contribution is 2.63. The van der Waals surface area contributed by atoms with Crippen molar-refractivity contribution in [3.63, 3.8) is 0 Å². The van der Waals surface area contributed by atoms with Gasteiger partial charge in [0.15, 0.2) is 6.29 Å². The van der Waals surface area contributed by atoms with Gasteiger partial charge in [-0.15, -0.1) is 0 Å². The maximum absolute atomic E-state index is 11.4. The monoisotopic (exact) mass is 486 g/mol. The van der Waals surface area contributed by atoms with Crippen LogP contribution in [0.4, 0.5) is 0 Å². The van der Waals surface area contributed by atoms with E-state index in [1.54, 1.807) is 0 Å². The Hall–Kier alpha value is -0.580. The van der Waals surface area contributed by atoms with Crippen LogP contribution in [0.15, 0.2) is 11.6 Å². The molecule has 10 unspecified atom stereocenters. The Bertz CT molecular complexity index is 720. The molecule has 1 saturated heterocycles. The first-order chi connectivity index (χ1) is 15.8. The van der Waals surface area contributed by atoms with Crippen LogP contribution in [-0.2, 0) is 9.47 Å². The van der Waals surface area contributed by atoms with Crippen LogP contribution in [0.1, 0.15) is 73.1 Å². The molecule has 3 rings (SSSR count). The van der Waals surface area contributed by atoms with Crippen LogP contribution in [0.5, 0.6) is 0 Å². The van der Waals surface area contributed by atoms with E-state index in [1.807, 2.05) is 19.9 Å². The summed E-state index contributed by atoms with van der Waals surface area (Å²) in [5, 5.41) is 60.9. The molecule has 0 radical (unpaired) electrons. The molecule has 1 heterocycles. The Morgan fingerprint density at radius 3 is 2.29 bits per heavy atom. The highest BCUT2D eigenvalue weighted by molar-refractivity contribution is 5.11. The number of ether oxygens (including phenoxy) is 2. The molecule has 0 aromatic rings. The van der Waals surface area contributed by atoms with Crippen molar-refractivity contribution in [2.24, 2.45) is 22.7 Å². The Labute approximate surface area is 203 Å². The average Bonchev–Trinajstić information content (AvgIpc) is 2.75. The van der Waals surface area contributed by atoms with Crippen LogP contribution < -0.4 is 0 Å². The van der Waals surface area contributed by atoms with Crippen molar-refractivity contribution in [1.82, 2.24) is 0 Å². The van der Waals surface area contributed by atoms with Gasteiger partial charge in [-0.05, 0) is 75.0 Å². The summed E-state index contributed by atoms with van der Waals surface area (Å²) in [5.74, 6) is 0.351. The minimum absolute atomic E-state index is 0.0246. The highest BCUT2D eigenvalue weighted by atomic mass is 16.7. The minimum Gasteiger partial charge on any atom is -0.394 e. The van der Waals surface area contributed by atoms with Crippen molar-refractivity contribution in [2.45, 2.75) is 116 Å². The number of aliphatic hydroxyl groups is 6. The fraction of sp³-hybridized carbons (Fsp3) is 0.923. The summed E-state index contributed by atoms with van der Waals surface area (Å²) >= 11 is 0. The first-order valence-electron chi connectivity index (χ1n) is 12.7. The molecule has 3 aliphatic rings. The molecule has 198 valence electrons. The van der Waals surface area contributed by atoms with Crippen LogP contribution in [0.2, 0.25) is 0 Å². The molecule has 8 heteroatoms. The third-order valence-electron chi connectivity index (χ3n) is 9.37. The van der Waals surface area contributed by atoms with Crippen LogP contribution in [0.25, 0.3) is 0 Å². The zero-order valence-corrected chi connectivity index (χ0v) is 21.4. The molecule has 0 spiro atoms. The summed E-state index contributed by atoms with van der Waals surface area (Å²) in [7, 11) is 0. The first kappa shape index (κ1) is 28.0. The summed E-state index contributed by atoms with van der Waals surface area (Å²) in [6.07, 6.45) is -0.0937. The van der Waals surface area contributed by atoms with Crippen molar-refractivity contribution in [3.05, 3.63) is 11.6 Å². The van der Waals surface area contributed by atoms with E-state index in [1.165, 1.54) is 0 Å². The maximum Gasteiger partial charge on any atom is 0.186 e. The third kappa shape index (κ3) is 5.11. The summed E-state index contributed by atoms with van der Waals surface area (Å²) in [6, 6.07) is 0. The Morgan fingerprint density at radius 1 is 1.00 bits per heavy atom. The van der Waals surface area contributed by atoms with E-state index in [9.17, 15) is 30.6 Å². The number of rotatable bonds is 7. The molecule has 3 fully saturated rings. The largest absolute Gasteiger partial charge is 0.394 e. The van der Waals surface area contributed by atoms with Gasteiger partial charge in [-0.1, -0.05) is 32.4 Å². The van der Waals surface area contributed by atoms with E-state index >= 15 is 0 Å². The number of fused-ring (bicyclic) bond motifs is 1. The van der Waals surface area contributed by atoms with Gasteiger partial charge in [-0.2, -0.15) is 0 Å². The second-order valence-electron chi connectivity index (χ2n) is 12.0. The number of allylic oxidation sites excluding steroid dienone is 1. The molecule has 0 bridgehead atoms. The summed E-state index contributed by atoms with van der Waals surface area (Å²) in [4.78, 5) is 0. The Balaban J connectivity index is 1.80. The predicted octanol–water partition coefficient (Wildman–Crippen LogP) is 1.49. The van der Waals surface area contributed by atoms with Gasteiger partial charge < -0.3 is 40.1 Å². The summed E-state index contributed by atoms with van der Waals surface area (Å²) < 4.78 is 11.9. The molecule has 2 aliphatic carbocycles. The van der Waals surface area contributed by atoms with E-state index in [0.29, 0.717) is 12.8 Å². The molecule has 0 aromatic carbocycles. The molecule has 34 heavy (non-hydrogen) atoms. The third-order valence-corrected chi connectivity index (χ3v) is 9.37. The van der Waals surface area contributed by atoms with Crippen LogP contribution in [-0.4, -0.2) is 86.3 Å². The van der Waals surface area contributed by atoms with Gasteiger partial charge in [-0.3, -0.25) is 0 Å². The normalized spacial score (nSPS) is 47.3. The fourth-order valence-corrected chi connectivity index (χ4v) is 7.36. The van der Waals surface area contributed by atoms with E-state index in [0.717, 1.165) is 31.3 Å². The molecular formula is C26H46O8. The lowest BCUT2D eigenvalue weighted by Crippen LogP contribution is -2.63. The van der Waals surface area contributed by atoms with Gasteiger partial charge in [0, 0.05) is 0 Å². The van der Waals surface area contributed by atoms with E-state index in [2.05, 4.69) is 20.8 Å². The standard InChI is InChI=1S/C26H46O8/c1-15(10-13-27)6-7-18-25(4)11-9-19(24(2,3)17(25)8-12-26(18,5)32)34-23-22(31)21(30)20(29)16(14-28)33-23/h10,16-23,27-32H,6-9,11-14H2,1-5H3. The lowest BCUT2D eigenvalue weighted by molar-refractivity contribution is -0.329. The van der Waals surface area contributed by atoms with Gasteiger partial charge in [-0.25, -0.2) is 0 Å². The van der Waals surface area contributed by atoms with E-state index in [-0.39, 0.29) is 35.4 Å². The number of hydrogen-bond donors (Lipinski definition) is 6. The molecule has 2 saturated carbocycles. The lowest BCUT2D eigenvalue weighted by Gasteiger charge is -2.63. The Kier molecular flexibility index (Phi) is 8.58. The molecule has 0 aromatic heterocycles. The molecule has 10 atom stereocenters. The molecule has 8 nitrogen and oxygen atoms in total. The zero-order chi connectivity index (χ0) is 25.5. The maximum atomic E-state index is 11.4. The topological polar surface area (TPSA) is 140 Å². The van der Waals surface area contributed by atoms with Crippen molar-refractivity contribution in [2.75, 3.05) is 13.2 Å². The zero-order valence-electron chi connectivity index (χ0n) is 21.4. The van der Waals surface area contributed by atoms with E-state index in [4.69, 9.17) is 9.47 Å². The van der Waals surface area contributed by atoms with Crippen molar-refractivity contribution in [1.29, 1.82) is 0 Å². The quantitative estimate of drug-likeness (QED) is 0.235. The number of aliphatic hydroxyl groups excluding tert-OH is 5. The highest BCUT2D eigenvalue weighted by Gasteiger charge is 2.61. The summed E-state index contributed by atoms with van der Waals surface area (Å²) in [5.41, 5.74) is -0.0506. The number of hydrogen-bond acceptors (Lipinski definition) is 8. The van der Waals surface area contributed by atoms with Crippen LogP contribution in [0.3, 0.4) is 0 Å². The van der Waals surface area contributed by atoms with Crippen LogP contribution in [0, 0.1) is 22.7 Å². The second kappa shape index (κ2) is 10.4. The van der Waals surface area contributed by atoms with Gasteiger partial charge in [0.1, 0.15) is 24.4 Å². The molecule has 0 amide bonds. The predicted molar refractivity (Wildman–Crippen MR) is 127 cm³/mol. The minimum atomic E-state index is -1.46. The van der Waals surface area contributed by atoms with Crippen LogP contribution >= 0.6 is 0 Å². The van der Waals surface area contributed by atoms with Crippen molar-refractivity contribution >= 4 is 0 Å². The van der Waals surface area contributed by atoms with Gasteiger partial charge >= 0.3 is 0 Å². The first-order valence-corrected chi connectivity index (χ1v) is 12.7. The second-order valence-corrected chi connectivity index (χ2v) is 12.0. The molecule has 1 aliphatic heterocycles. The summed E-state index contributed by atoms with van der Waals surface area (Å²) in [6.45, 7) is 10.1. The van der Waals surface area contributed by atoms with E-state index < -0.39 is 42.9 Å².